The number of nitrogens with one attached hydrogen (secondary N) is 1. The van der Waals surface area contributed by atoms with Crippen molar-refractivity contribution in [2.45, 2.75) is 45.1 Å². The molecule has 0 bridgehead atoms. The summed E-state index contributed by atoms with van der Waals surface area (Å²) in [5.74, 6) is 0.720. The fraction of sp³-hybridized carbons (Fsp3) is 0.632. The molecule has 1 aliphatic rings. The lowest BCUT2D eigenvalue weighted by atomic mass is 9.84. The average Bonchev–Trinajstić information content (AvgIpc) is 2.57. The first-order valence-electron chi connectivity index (χ1n) is 8.79. The van der Waals surface area contributed by atoms with Crippen molar-refractivity contribution in [3.63, 3.8) is 0 Å². The van der Waals surface area contributed by atoms with E-state index in [-0.39, 0.29) is 11.2 Å². The third kappa shape index (κ3) is 4.94. The molecular weight excluding hydrogens is 305 g/mol. The van der Waals surface area contributed by atoms with E-state index >= 15 is 0 Å². The van der Waals surface area contributed by atoms with Gasteiger partial charge in [-0.2, -0.15) is 0 Å². The van der Waals surface area contributed by atoms with E-state index in [4.69, 9.17) is 4.74 Å². The van der Waals surface area contributed by atoms with Gasteiger partial charge in [0, 0.05) is 38.7 Å². The van der Waals surface area contributed by atoms with Crippen LogP contribution < -0.4 is 5.32 Å². The Morgan fingerprint density at radius 2 is 2.08 bits per heavy atom. The molecule has 0 atom stereocenters. The van der Waals surface area contributed by atoms with Gasteiger partial charge in [-0.15, -0.1) is 0 Å². The van der Waals surface area contributed by atoms with Crippen molar-refractivity contribution in [3.8, 4) is 0 Å². The standard InChI is InChI=1S/C19H30FN3O/c1-5-24-17-9-11-23(12-10-17)18(21-4)22-14-19(2,3)15-7-6-8-16(20)13-15/h6-8,13,17H,5,9-12,14H2,1-4H3,(H,21,22). The SMILES string of the molecule is CCOC1CCN(C(=NC)NCC(C)(C)c2cccc(F)c2)CC1. The zero-order valence-corrected chi connectivity index (χ0v) is 15.3. The van der Waals surface area contributed by atoms with Crippen LogP contribution in [0.3, 0.4) is 0 Å². The van der Waals surface area contributed by atoms with Gasteiger partial charge in [0.25, 0.3) is 0 Å². The predicted molar refractivity (Wildman–Crippen MR) is 97.0 cm³/mol. The van der Waals surface area contributed by atoms with Gasteiger partial charge in [-0.3, -0.25) is 4.99 Å². The van der Waals surface area contributed by atoms with Crippen LogP contribution in [0.25, 0.3) is 0 Å². The van der Waals surface area contributed by atoms with E-state index in [1.165, 1.54) is 6.07 Å². The molecule has 2 rings (SSSR count). The maximum atomic E-state index is 13.5. The van der Waals surface area contributed by atoms with E-state index in [1.54, 1.807) is 12.1 Å². The Morgan fingerprint density at radius 1 is 1.38 bits per heavy atom. The van der Waals surface area contributed by atoms with Crippen molar-refractivity contribution in [1.29, 1.82) is 0 Å². The molecule has 0 aliphatic carbocycles. The number of nitrogens with zero attached hydrogens (tertiary/aromatic N) is 2. The maximum absolute atomic E-state index is 13.5. The quantitative estimate of drug-likeness (QED) is 0.663. The Kier molecular flexibility index (Phi) is 6.60. The topological polar surface area (TPSA) is 36.9 Å². The molecule has 0 radical (unpaired) electrons. The second kappa shape index (κ2) is 8.47. The second-order valence-corrected chi connectivity index (χ2v) is 6.94. The summed E-state index contributed by atoms with van der Waals surface area (Å²) in [4.78, 5) is 6.69. The zero-order valence-electron chi connectivity index (χ0n) is 15.3. The van der Waals surface area contributed by atoms with Crippen molar-refractivity contribution in [2.24, 2.45) is 4.99 Å². The number of hydrogen-bond acceptors (Lipinski definition) is 2. The number of benzene rings is 1. The summed E-state index contributed by atoms with van der Waals surface area (Å²) in [6.45, 7) is 9.65. The van der Waals surface area contributed by atoms with Gasteiger partial charge in [0.05, 0.1) is 6.10 Å². The highest BCUT2D eigenvalue weighted by molar-refractivity contribution is 5.80. The van der Waals surface area contributed by atoms with Gasteiger partial charge >= 0.3 is 0 Å². The lowest BCUT2D eigenvalue weighted by Crippen LogP contribution is -2.49. The van der Waals surface area contributed by atoms with E-state index in [0.29, 0.717) is 12.6 Å². The average molecular weight is 335 g/mol. The van der Waals surface area contributed by atoms with Gasteiger partial charge in [-0.05, 0) is 37.5 Å². The van der Waals surface area contributed by atoms with Gasteiger partial charge < -0.3 is 15.0 Å². The van der Waals surface area contributed by atoms with Crippen LogP contribution in [0.5, 0.6) is 0 Å². The minimum Gasteiger partial charge on any atom is -0.378 e. The van der Waals surface area contributed by atoms with E-state index in [2.05, 4.69) is 29.1 Å². The number of rotatable bonds is 5. The smallest absolute Gasteiger partial charge is 0.193 e. The number of guanidine groups is 1. The number of piperidine rings is 1. The van der Waals surface area contributed by atoms with Gasteiger partial charge in [-0.1, -0.05) is 26.0 Å². The third-order valence-electron chi connectivity index (χ3n) is 4.65. The second-order valence-electron chi connectivity index (χ2n) is 6.94. The normalized spacial score (nSPS) is 17.2. The molecule has 5 heteroatoms. The van der Waals surface area contributed by atoms with Crippen LogP contribution in [0, 0.1) is 5.82 Å². The van der Waals surface area contributed by atoms with E-state index in [1.807, 2.05) is 20.0 Å². The van der Waals surface area contributed by atoms with E-state index in [0.717, 1.165) is 44.1 Å². The lowest BCUT2D eigenvalue weighted by molar-refractivity contribution is 0.0263. The van der Waals surface area contributed by atoms with Gasteiger partial charge in [0.15, 0.2) is 5.96 Å². The largest absolute Gasteiger partial charge is 0.378 e. The summed E-state index contributed by atoms with van der Waals surface area (Å²) in [5.41, 5.74) is 0.808. The molecule has 1 heterocycles. The molecule has 4 nitrogen and oxygen atoms in total. The molecule has 1 N–H and O–H groups in total. The summed E-state index contributed by atoms with van der Waals surface area (Å²) >= 11 is 0. The molecule has 1 fully saturated rings. The first kappa shape index (κ1) is 18.7. The summed E-state index contributed by atoms with van der Waals surface area (Å²) in [6.07, 6.45) is 2.43. The van der Waals surface area contributed by atoms with Crippen LogP contribution in [0.1, 0.15) is 39.2 Å². The van der Waals surface area contributed by atoms with Crippen LogP contribution >= 0.6 is 0 Å². The molecular formula is C19H30FN3O. The molecule has 0 saturated carbocycles. The van der Waals surface area contributed by atoms with Crippen LogP contribution in [-0.4, -0.2) is 50.3 Å². The fourth-order valence-corrected chi connectivity index (χ4v) is 3.11. The number of likely N-dealkylation sites (tertiary alicyclic amines) is 1. The first-order valence-corrected chi connectivity index (χ1v) is 8.79. The summed E-state index contributed by atoms with van der Waals surface area (Å²) in [5, 5.41) is 3.46. The van der Waals surface area contributed by atoms with Crippen LogP contribution in [0.15, 0.2) is 29.3 Å². The van der Waals surface area contributed by atoms with Crippen molar-refractivity contribution in [2.75, 3.05) is 33.3 Å². The lowest BCUT2D eigenvalue weighted by Gasteiger charge is -2.35. The number of aliphatic imine (C=N–C) groups is 1. The molecule has 0 amide bonds. The zero-order chi connectivity index (χ0) is 17.6. The highest BCUT2D eigenvalue weighted by Crippen LogP contribution is 2.23. The Balaban J connectivity index is 1.92. The summed E-state index contributed by atoms with van der Waals surface area (Å²) in [7, 11) is 1.81. The van der Waals surface area contributed by atoms with E-state index < -0.39 is 0 Å². The number of halogens is 1. The Bertz CT molecular complexity index is 551. The summed E-state index contributed by atoms with van der Waals surface area (Å²) < 4.78 is 19.2. The number of hydrogen-bond donors (Lipinski definition) is 1. The third-order valence-corrected chi connectivity index (χ3v) is 4.65. The highest BCUT2D eigenvalue weighted by Gasteiger charge is 2.25. The monoisotopic (exact) mass is 335 g/mol. The van der Waals surface area contributed by atoms with Gasteiger partial charge in [-0.25, -0.2) is 4.39 Å². The molecule has 24 heavy (non-hydrogen) atoms. The molecule has 1 aliphatic heterocycles. The minimum atomic E-state index is -0.192. The molecule has 0 unspecified atom stereocenters. The molecule has 0 aromatic heterocycles. The predicted octanol–water partition coefficient (Wildman–Crippen LogP) is 3.18. The Labute approximate surface area is 145 Å². The van der Waals surface area contributed by atoms with Gasteiger partial charge in [0.1, 0.15) is 5.82 Å². The van der Waals surface area contributed by atoms with Crippen molar-refractivity contribution in [1.82, 2.24) is 10.2 Å². The molecule has 134 valence electrons. The van der Waals surface area contributed by atoms with Crippen molar-refractivity contribution >= 4 is 5.96 Å². The maximum Gasteiger partial charge on any atom is 0.193 e. The van der Waals surface area contributed by atoms with Crippen LogP contribution in [0.4, 0.5) is 4.39 Å². The first-order chi connectivity index (χ1) is 11.5. The Hall–Kier alpha value is -1.62. The van der Waals surface area contributed by atoms with Gasteiger partial charge in [0.2, 0.25) is 0 Å². The van der Waals surface area contributed by atoms with Crippen molar-refractivity contribution < 1.29 is 9.13 Å². The number of ether oxygens (including phenoxy) is 1. The molecule has 0 spiro atoms. The Morgan fingerprint density at radius 3 is 2.67 bits per heavy atom. The van der Waals surface area contributed by atoms with Crippen LogP contribution in [0.2, 0.25) is 0 Å². The minimum absolute atomic E-state index is 0.179. The summed E-state index contributed by atoms with van der Waals surface area (Å²) in [6, 6.07) is 6.83. The van der Waals surface area contributed by atoms with E-state index in [9.17, 15) is 4.39 Å². The molecule has 1 aromatic rings. The highest BCUT2D eigenvalue weighted by atomic mass is 19.1. The molecule has 1 aromatic carbocycles. The molecule has 1 saturated heterocycles. The van der Waals surface area contributed by atoms with Crippen molar-refractivity contribution in [3.05, 3.63) is 35.6 Å². The fourth-order valence-electron chi connectivity index (χ4n) is 3.11. The van der Waals surface area contributed by atoms with Crippen LogP contribution in [-0.2, 0) is 10.2 Å².